The monoisotopic (exact) mass is 644 g/mol. The highest BCUT2D eigenvalue weighted by molar-refractivity contribution is 7.85. The van der Waals surface area contributed by atoms with Gasteiger partial charge in [0, 0.05) is 0 Å². The summed E-state index contributed by atoms with van der Waals surface area (Å²) in [5.74, 6) is 0.526. The summed E-state index contributed by atoms with van der Waals surface area (Å²) in [6.07, 6.45) is 5.48. The van der Waals surface area contributed by atoms with E-state index in [0.29, 0.717) is 12.2 Å². The Morgan fingerprint density at radius 3 is 1.14 bits per heavy atom. The predicted octanol–water partition coefficient (Wildman–Crippen LogP) is 6.82. The summed E-state index contributed by atoms with van der Waals surface area (Å²) in [5.41, 5.74) is 1.49. The lowest BCUT2D eigenvalue weighted by Crippen LogP contribution is -2.19. The van der Waals surface area contributed by atoms with Crippen molar-refractivity contribution in [3.8, 4) is 0 Å². The second kappa shape index (κ2) is 17.0. The Hall–Kier alpha value is -2.70. The zero-order chi connectivity index (χ0) is 30.5. The fourth-order valence-corrected chi connectivity index (χ4v) is 10.5. The van der Waals surface area contributed by atoms with Gasteiger partial charge < -0.3 is 0 Å². The van der Waals surface area contributed by atoms with Crippen LogP contribution in [0.3, 0.4) is 0 Å². The molecule has 0 radical (unpaired) electrons. The molecule has 0 aliphatic rings. The molecule has 0 saturated carbocycles. The van der Waals surface area contributed by atoms with E-state index in [4.69, 9.17) is 4.55 Å². The zero-order valence-corrected chi connectivity index (χ0v) is 28.2. The molecule has 0 saturated heterocycles. The van der Waals surface area contributed by atoms with E-state index in [1.807, 2.05) is 0 Å². The molecule has 0 aliphatic carbocycles. The van der Waals surface area contributed by atoms with Gasteiger partial charge in [-0.15, -0.1) is 9.24 Å². The molecular weight excluding hydrogens is 605 g/mol. The Kier molecular flexibility index (Phi) is 13.1. The van der Waals surface area contributed by atoms with Crippen LogP contribution in [0, 0.1) is 0 Å². The van der Waals surface area contributed by atoms with Gasteiger partial charge in [-0.1, -0.05) is 146 Å². The van der Waals surface area contributed by atoms with Crippen molar-refractivity contribution in [3.63, 3.8) is 0 Å². The van der Waals surface area contributed by atoms with Gasteiger partial charge in [0.05, 0.1) is 6.26 Å². The van der Waals surface area contributed by atoms with E-state index in [9.17, 15) is 8.42 Å². The minimum absolute atomic E-state index is 0.399. The van der Waals surface area contributed by atoms with E-state index in [1.54, 1.807) is 0 Å². The van der Waals surface area contributed by atoms with Crippen molar-refractivity contribution in [2.24, 2.45) is 0 Å². The summed E-state index contributed by atoms with van der Waals surface area (Å²) >= 11 is 0. The summed E-state index contributed by atoms with van der Waals surface area (Å²) in [6.45, 7) is 0. The van der Waals surface area contributed by atoms with Crippen LogP contribution in [0.15, 0.2) is 146 Å². The summed E-state index contributed by atoms with van der Waals surface area (Å²) in [6, 6.07) is 53.6. The van der Waals surface area contributed by atoms with Crippen molar-refractivity contribution in [2.75, 3.05) is 18.6 Å². The molecular formula is C36H39O3P3S. The van der Waals surface area contributed by atoms with Gasteiger partial charge in [0.2, 0.25) is 0 Å². The van der Waals surface area contributed by atoms with Crippen LogP contribution >= 0.6 is 25.1 Å². The van der Waals surface area contributed by atoms with Crippen molar-refractivity contribution in [2.45, 2.75) is 18.8 Å². The van der Waals surface area contributed by atoms with Crippen LogP contribution in [0.4, 0.5) is 0 Å². The molecule has 0 aliphatic heterocycles. The first kappa shape index (κ1) is 33.2. The van der Waals surface area contributed by atoms with Crippen LogP contribution in [0.25, 0.3) is 0 Å². The summed E-state index contributed by atoms with van der Waals surface area (Å²) in [4.78, 5) is 0. The van der Waals surface area contributed by atoms with Crippen LogP contribution in [0.1, 0.15) is 24.3 Å². The molecule has 5 aromatic rings. The lowest BCUT2D eigenvalue weighted by Gasteiger charge is -2.26. The van der Waals surface area contributed by atoms with Gasteiger partial charge in [-0.3, -0.25) is 4.55 Å². The third-order valence-electron chi connectivity index (χ3n) is 7.11. The fourth-order valence-electron chi connectivity index (χ4n) is 5.15. The second-order valence-corrected chi connectivity index (χ2v) is 17.0. The Morgan fingerprint density at radius 1 is 0.558 bits per heavy atom. The lowest BCUT2D eigenvalue weighted by atomic mass is 9.94. The molecule has 3 nitrogen and oxygen atoms in total. The molecule has 1 unspecified atom stereocenters. The maximum Gasteiger partial charge on any atom is 0.261 e. The molecule has 5 aromatic carbocycles. The molecule has 1 atom stereocenters. The largest absolute Gasteiger partial charge is 0.286 e. The van der Waals surface area contributed by atoms with Crippen molar-refractivity contribution in [1.82, 2.24) is 0 Å². The van der Waals surface area contributed by atoms with Crippen LogP contribution in [-0.4, -0.2) is 31.6 Å². The number of hydrogen-bond acceptors (Lipinski definition) is 2. The van der Waals surface area contributed by atoms with Crippen molar-refractivity contribution in [3.05, 3.63) is 151 Å². The Bertz CT molecular complexity index is 1440. The molecule has 7 heteroatoms. The van der Waals surface area contributed by atoms with E-state index >= 15 is 0 Å². The van der Waals surface area contributed by atoms with Gasteiger partial charge in [0.15, 0.2) is 0 Å². The maximum absolute atomic E-state index is 9.19. The first-order valence-electron chi connectivity index (χ1n) is 14.3. The minimum atomic E-state index is -3.67. The summed E-state index contributed by atoms with van der Waals surface area (Å²) < 4.78 is 25.9. The van der Waals surface area contributed by atoms with Gasteiger partial charge in [-0.25, -0.2) is 0 Å². The van der Waals surface area contributed by atoms with Gasteiger partial charge in [-0.2, -0.15) is 8.42 Å². The molecule has 1 N–H and O–H groups in total. The van der Waals surface area contributed by atoms with Crippen molar-refractivity contribution < 1.29 is 13.0 Å². The second-order valence-electron chi connectivity index (χ2n) is 10.3. The molecule has 0 spiro atoms. The van der Waals surface area contributed by atoms with Gasteiger partial charge in [-0.05, 0) is 79.0 Å². The smallest absolute Gasteiger partial charge is 0.261 e. The summed E-state index contributed by atoms with van der Waals surface area (Å²) in [7, 11) is -1.46. The van der Waals surface area contributed by atoms with Gasteiger partial charge in [0.25, 0.3) is 10.1 Å². The first-order valence-corrected chi connectivity index (χ1v) is 19.8. The minimum Gasteiger partial charge on any atom is -0.286 e. The SMILES string of the molecule is CS(=O)(=O)O.Pc1ccccc1C(CCP(c1ccccc1)c1ccccc1)CCP(c1ccccc1)c1ccccc1. The standard InChI is InChI=1S/C35H35P3.CH4O3S/c36-35-24-14-13-23-34(35)29(25-27-37(30-15-5-1-6-16-30)31-17-7-2-8-18-31)26-28-38(32-19-9-3-10-20-32)33-21-11-4-12-22-33;1-5(2,3)4/h1-24,29H,25-28,36H2;1H3,(H,2,3,4). The highest BCUT2D eigenvalue weighted by Crippen LogP contribution is 2.41. The van der Waals surface area contributed by atoms with E-state index in [2.05, 4.69) is 155 Å². The van der Waals surface area contributed by atoms with E-state index in [-0.39, 0.29) is 0 Å². The highest BCUT2D eigenvalue weighted by atomic mass is 32.2. The quantitative estimate of drug-likeness (QED) is 0.127. The first-order chi connectivity index (χ1) is 20.8. The van der Waals surface area contributed by atoms with E-state index in [1.165, 1.54) is 57.3 Å². The molecule has 0 heterocycles. The van der Waals surface area contributed by atoms with Crippen LogP contribution < -0.4 is 26.5 Å². The van der Waals surface area contributed by atoms with Gasteiger partial charge in [0.1, 0.15) is 0 Å². The number of hydrogen-bond donors (Lipinski definition) is 1. The fraction of sp³-hybridized carbons (Fsp3) is 0.167. The zero-order valence-electron chi connectivity index (χ0n) is 24.4. The molecule has 0 amide bonds. The Labute approximate surface area is 262 Å². The highest BCUT2D eigenvalue weighted by Gasteiger charge is 2.22. The normalized spacial score (nSPS) is 11.4. The average molecular weight is 645 g/mol. The molecule has 0 bridgehead atoms. The molecule has 43 heavy (non-hydrogen) atoms. The Balaban J connectivity index is 0.000000782. The van der Waals surface area contributed by atoms with E-state index < -0.39 is 26.0 Å². The topological polar surface area (TPSA) is 54.4 Å². The van der Waals surface area contributed by atoms with Crippen LogP contribution in [0.2, 0.25) is 0 Å². The lowest BCUT2D eigenvalue weighted by molar-refractivity contribution is 0.490. The third kappa shape index (κ3) is 11.1. The summed E-state index contributed by atoms with van der Waals surface area (Å²) in [5, 5.41) is 7.24. The average Bonchev–Trinajstić information content (AvgIpc) is 3.02. The third-order valence-corrected chi connectivity index (χ3v) is 12.7. The van der Waals surface area contributed by atoms with Crippen molar-refractivity contribution in [1.29, 1.82) is 0 Å². The van der Waals surface area contributed by atoms with Crippen LogP contribution in [-0.2, 0) is 10.1 Å². The van der Waals surface area contributed by atoms with Gasteiger partial charge >= 0.3 is 0 Å². The molecule has 0 aromatic heterocycles. The van der Waals surface area contributed by atoms with E-state index in [0.717, 1.165) is 0 Å². The molecule has 5 rings (SSSR count). The number of benzene rings is 5. The molecule has 0 fully saturated rings. The Morgan fingerprint density at radius 2 is 0.837 bits per heavy atom. The van der Waals surface area contributed by atoms with Crippen molar-refractivity contribution >= 4 is 61.7 Å². The maximum atomic E-state index is 9.19. The van der Waals surface area contributed by atoms with Crippen LogP contribution in [0.5, 0.6) is 0 Å². The molecule has 222 valence electrons. The number of rotatable bonds is 11. The predicted molar refractivity (Wildman–Crippen MR) is 193 cm³/mol.